The van der Waals surface area contributed by atoms with Crippen LogP contribution in [-0.4, -0.2) is 21.3 Å². The molecule has 6 rings (SSSR count). The molecule has 0 amide bonds. The molecule has 2 aliphatic carbocycles. The lowest BCUT2D eigenvalue weighted by molar-refractivity contribution is 0.286. The van der Waals surface area contributed by atoms with E-state index >= 15 is 0 Å². The van der Waals surface area contributed by atoms with Gasteiger partial charge in [0.15, 0.2) is 0 Å². The zero-order chi connectivity index (χ0) is 21.9. The Hall–Kier alpha value is -3.72. The van der Waals surface area contributed by atoms with Crippen molar-refractivity contribution in [2.24, 2.45) is 0 Å². The number of rotatable bonds is 5. The first kappa shape index (κ1) is 19.0. The first-order valence-corrected chi connectivity index (χ1v) is 10.8. The molecule has 0 radical (unpaired) electrons. The Morgan fingerprint density at radius 3 is 1.31 bits per heavy atom. The van der Waals surface area contributed by atoms with E-state index < -0.39 is 0 Å². The lowest BCUT2D eigenvalue weighted by Crippen LogP contribution is -2.68. The molecule has 0 aromatic heterocycles. The first-order chi connectivity index (χ1) is 15.7. The van der Waals surface area contributed by atoms with Crippen molar-refractivity contribution in [1.82, 2.24) is 0 Å². The molecule has 158 valence electrons. The molecule has 0 fully saturated rings. The summed E-state index contributed by atoms with van der Waals surface area (Å²) in [5.41, 5.74) is 7.33. The summed E-state index contributed by atoms with van der Waals surface area (Å²) in [7, 11) is 5.14. The highest BCUT2D eigenvalue weighted by Gasteiger charge is 2.73. The second-order valence-electron chi connectivity index (χ2n) is 8.41. The van der Waals surface area contributed by atoms with E-state index in [-0.39, 0.29) is 10.8 Å². The van der Waals surface area contributed by atoms with Crippen molar-refractivity contribution in [3.05, 3.63) is 124 Å². The molecule has 0 unspecified atom stereocenters. The van der Waals surface area contributed by atoms with Gasteiger partial charge in [-0.3, -0.25) is 0 Å². The van der Waals surface area contributed by atoms with Crippen LogP contribution in [0.2, 0.25) is 0 Å². The minimum Gasteiger partial charge on any atom is -0.497 e. The molecular weight excluding hydrogens is 396 g/mol. The van der Waals surface area contributed by atoms with Crippen molar-refractivity contribution < 1.29 is 14.2 Å². The highest BCUT2D eigenvalue weighted by atomic mass is 16.5. The normalized spacial score (nSPS) is 21.8. The van der Waals surface area contributed by atoms with E-state index in [4.69, 9.17) is 14.2 Å². The highest BCUT2D eigenvalue weighted by Crippen LogP contribution is 2.76. The van der Waals surface area contributed by atoms with Gasteiger partial charge in [-0.1, -0.05) is 54.6 Å². The number of hydrogen-bond donors (Lipinski definition) is 0. The number of methoxy groups -OCH3 is 3. The number of fused-ring (bicyclic) bond motifs is 7. The van der Waals surface area contributed by atoms with Crippen LogP contribution in [0.4, 0.5) is 0 Å². The molecule has 0 saturated heterocycles. The van der Waals surface area contributed by atoms with E-state index in [1.807, 2.05) is 0 Å². The topological polar surface area (TPSA) is 27.7 Å². The molecule has 0 saturated carbocycles. The number of ether oxygens (including phenoxy) is 3. The third kappa shape index (κ3) is 2.02. The molecule has 32 heavy (non-hydrogen) atoms. The summed E-state index contributed by atoms with van der Waals surface area (Å²) < 4.78 is 16.5. The van der Waals surface area contributed by atoms with Crippen molar-refractivity contribution in [2.45, 2.75) is 10.8 Å². The van der Waals surface area contributed by atoms with Crippen molar-refractivity contribution in [1.29, 1.82) is 0 Å². The fourth-order valence-electron chi connectivity index (χ4n) is 6.13. The van der Waals surface area contributed by atoms with Gasteiger partial charge in [0.2, 0.25) is 0 Å². The fourth-order valence-corrected chi connectivity index (χ4v) is 6.13. The second kappa shape index (κ2) is 6.64. The zero-order valence-corrected chi connectivity index (χ0v) is 18.4. The van der Waals surface area contributed by atoms with Gasteiger partial charge < -0.3 is 14.2 Å². The molecule has 3 heteroatoms. The summed E-state index contributed by atoms with van der Waals surface area (Å²) >= 11 is 0. The molecule has 0 N–H and O–H groups in total. The lowest BCUT2D eigenvalue weighted by atomic mass is 9.30. The second-order valence-corrected chi connectivity index (χ2v) is 8.41. The summed E-state index contributed by atoms with van der Waals surface area (Å²) in [6, 6.07) is 32.4. The van der Waals surface area contributed by atoms with Crippen LogP contribution >= 0.6 is 0 Å². The van der Waals surface area contributed by atoms with Gasteiger partial charge in [-0.05, 0) is 69.8 Å². The fraction of sp³-hybridized carbons (Fsp3) is 0.172. The SMILES string of the molecule is COc1ccc([C@]23c4ccccc4[C@@]2(c2ccc(OC)cc2)c2cc(OC)ccc23)cc1. The van der Waals surface area contributed by atoms with Gasteiger partial charge in [0.05, 0.1) is 32.2 Å². The van der Waals surface area contributed by atoms with Gasteiger partial charge in [-0.2, -0.15) is 0 Å². The maximum atomic E-state index is 5.63. The standard InChI is InChI=1S/C29H24O3/c1-30-21-12-8-19(9-13-21)28-24-6-4-5-7-25(24)29(28,20-10-14-22(31-2)15-11-20)27-18-23(32-3)16-17-26(27)28/h4-18H,1-3H3/t28-,29+/m1/s1. The van der Waals surface area contributed by atoms with Crippen LogP contribution in [0.25, 0.3) is 0 Å². The predicted octanol–water partition coefficient (Wildman–Crippen LogP) is 5.71. The van der Waals surface area contributed by atoms with E-state index in [2.05, 4.69) is 91.0 Å². The minimum absolute atomic E-state index is 0.258. The summed E-state index contributed by atoms with van der Waals surface area (Å²) in [4.78, 5) is 0. The number of hydrogen-bond acceptors (Lipinski definition) is 3. The third-order valence-electron chi connectivity index (χ3n) is 7.38. The Labute approximate surface area is 188 Å². The van der Waals surface area contributed by atoms with E-state index in [0.717, 1.165) is 17.2 Å². The Morgan fingerprint density at radius 2 is 0.844 bits per heavy atom. The smallest absolute Gasteiger partial charge is 0.119 e. The zero-order valence-electron chi connectivity index (χ0n) is 18.4. The monoisotopic (exact) mass is 420 g/mol. The molecule has 4 aromatic rings. The molecule has 2 atom stereocenters. The molecule has 2 aliphatic rings. The van der Waals surface area contributed by atoms with Gasteiger partial charge in [0.25, 0.3) is 0 Å². The Balaban J connectivity index is 1.70. The molecular formula is C29H24O3. The van der Waals surface area contributed by atoms with Crippen LogP contribution in [-0.2, 0) is 10.8 Å². The maximum Gasteiger partial charge on any atom is 0.119 e. The van der Waals surface area contributed by atoms with Crippen LogP contribution in [0.15, 0.2) is 91.0 Å². The molecule has 0 heterocycles. The summed E-state index contributed by atoms with van der Waals surface area (Å²) in [6.45, 7) is 0. The van der Waals surface area contributed by atoms with Gasteiger partial charge >= 0.3 is 0 Å². The third-order valence-corrected chi connectivity index (χ3v) is 7.38. The summed E-state index contributed by atoms with van der Waals surface area (Å²) in [6.07, 6.45) is 0. The van der Waals surface area contributed by atoms with Crippen LogP contribution < -0.4 is 14.2 Å². The van der Waals surface area contributed by atoms with Crippen LogP contribution in [0.1, 0.15) is 33.4 Å². The van der Waals surface area contributed by atoms with Crippen molar-refractivity contribution in [3.63, 3.8) is 0 Å². The van der Waals surface area contributed by atoms with Gasteiger partial charge in [0.1, 0.15) is 17.2 Å². The Kier molecular flexibility index (Phi) is 3.94. The van der Waals surface area contributed by atoms with Crippen molar-refractivity contribution >= 4 is 0 Å². The first-order valence-electron chi connectivity index (χ1n) is 10.8. The van der Waals surface area contributed by atoms with Gasteiger partial charge in [-0.15, -0.1) is 0 Å². The van der Waals surface area contributed by atoms with E-state index in [9.17, 15) is 0 Å². The Morgan fingerprint density at radius 1 is 0.438 bits per heavy atom. The van der Waals surface area contributed by atoms with E-state index in [1.165, 1.54) is 33.4 Å². The molecule has 3 nitrogen and oxygen atoms in total. The molecule has 4 aromatic carbocycles. The van der Waals surface area contributed by atoms with E-state index in [0.29, 0.717) is 0 Å². The average Bonchev–Trinajstić information content (AvgIpc) is 2.85. The number of benzene rings is 4. The van der Waals surface area contributed by atoms with Crippen LogP contribution in [0, 0.1) is 0 Å². The average molecular weight is 421 g/mol. The van der Waals surface area contributed by atoms with Crippen molar-refractivity contribution in [2.75, 3.05) is 21.3 Å². The van der Waals surface area contributed by atoms with E-state index in [1.54, 1.807) is 21.3 Å². The molecule has 0 spiro atoms. The quantitative estimate of drug-likeness (QED) is 0.414. The van der Waals surface area contributed by atoms with Gasteiger partial charge in [0, 0.05) is 0 Å². The summed E-state index contributed by atoms with van der Waals surface area (Å²) in [5.74, 6) is 2.60. The molecule has 0 bridgehead atoms. The van der Waals surface area contributed by atoms with Crippen LogP contribution in [0.5, 0.6) is 17.2 Å². The highest BCUT2D eigenvalue weighted by molar-refractivity contribution is 5.86. The van der Waals surface area contributed by atoms with Gasteiger partial charge in [-0.25, -0.2) is 0 Å². The summed E-state index contributed by atoms with van der Waals surface area (Å²) in [5, 5.41) is 0. The minimum atomic E-state index is -0.283. The van der Waals surface area contributed by atoms with Crippen LogP contribution in [0.3, 0.4) is 0 Å². The Bertz CT molecular complexity index is 1320. The predicted molar refractivity (Wildman–Crippen MR) is 125 cm³/mol. The largest absolute Gasteiger partial charge is 0.497 e. The molecule has 0 aliphatic heterocycles. The maximum absolute atomic E-state index is 5.63. The van der Waals surface area contributed by atoms with Crippen molar-refractivity contribution in [3.8, 4) is 17.2 Å². The lowest BCUT2D eigenvalue weighted by Gasteiger charge is -2.69.